The van der Waals surface area contributed by atoms with Gasteiger partial charge in [-0.15, -0.1) is 12.4 Å². The van der Waals surface area contributed by atoms with Crippen LogP contribution in [0.1, 0.15) is 20.3 Å². The fraction of sp³-hybridized carbons (Fsp3) is 0.611. The van der Waals surface area contributed by atoms with Crippen molar-refractivity contribution in [1.29, 1.82) is 0 Å². The maximum absolute atomic E-state index is 12.9. The normalized spacial score (nSPS) is 21.7. The number of rotatable bonds is 4. The van der Waals surface area contributed by atoms with Crippen molar-refractivity contribution < 1.29 is 9.53 Å². The van der Waals surface area contributed by atoms with Gasteiger partial charge in [0.25, 0.3) is 5.91 Å². The summed E-state index contributed by atoms with van der Waals surface area (Å²) in [6, 6.07) is 7.61. The molecule has 2 aliphatic heterocycles. The molecule has 1 amide bonds. The Balaban J connectivity index is 0.00000225. The lowest BCUT2D eigenvalue weighted by Gasteiger charge is -2.33. The first kappa shape index (κ1) is 20.3. The van der Waals surface area contributed by atoms with Crippen LogP contribution < -0.4 is 10.1 Å². The van der Waals surface area contributed by atoms with E-state index in [1.165, 1.54) is 0 Å². The quantitative estimate of drug-likeness (QED) is 0.861. The zero-order valence-electron chi connectivity index (χ0n) is 14.8. The first-order valence-corrected chi connectivity index (χ1v) is 9.02. The van der Waals surface area contributed by atoms with Crippen molar-refractivity contribution in [3.05, 3.63) is 29.3 Å². The highest BCUT2D eigenvalue weighted by Crippen LogP contribution is 2.25. The number of piperazine rings is 1. The van der Waals surface area contributed by atoms with E-state index in [-0.39, 0.29) is 18.3 Å². The van der Waals surface area contributed by atoms with Crippen LogP contribution in [0.4, 0.5) is 0 Å². The Labute approximate surface area is 161 Å². The highest BCUT2D eigenvalue weighted by Gasteiger charge is 2.39. The summed E-state index contributed by atoms with van der Waals surface area (Å²) in [6.45, 7) is 9.48. The smallest absolute Gasteiger partial charge is 0.266 e. The van der Waals surface area contributed by atoms with Crippen LogP contribution in [0.2, 0.25) is 5.02 Å². The Morgan fingerprint density at radius 3 is 2.48 bits per heavy atom. The van der Waals surface area contributed by atoms with E-state index in [1.54, 1.807) is 24.3 Å². The zero-order chi connectivity index (χ0) is 17.2. The fourth-order valence-electron chi connectivity index (χ4n) is 3.49. The Morgan fingerprint density at radius 2 is 1.84 bits per heavy atom. The summed E-state index contributed by atoms with van der Waals surface area (Å²) in [4.78, 5) is 17.4. The van der Waals surface area contributed by atoms with E-state index in [9.17, 15) is 4.79 Å². The second-order valence-electron chi connectivity index (χ2n) is 7.05. The summed E-state index contributed by atoms with van der Waals surface area (Å²) < 4.78 is 5.94. The molecule has 3 rings (SSSR count). The monoisotopic (exact) mass is 387 g/mol. The third kappa shape index (κ3) is 5.00. The number of benzene rings is 1. The van der Waals surface area contributed by atoms with Gasteiger partial charge in [-0.05, 0) is 44.5 Å². The molecular weight excluding hydrogens is 361 g/mol. The average Bonchev–Trinajstić information content (AvgIpc) is 3.07. The summed E-state index contributed by atoms with van der Waals surface area (Å²) in [5.74, 6) is 0.714. The van der Waals surface area contributed by atoms with Gasteiger partial charge in [-0.1, -0.05) is 11.6 Å². The number of halogens is 2. The van der Waals surface area contributed by atoms with Crippen molar-refractivity contribution in [2.24, 2.45) is 0 Å². The Hall–Kier alpha value is -1.01. The molecule has 140 valence electrons. The molecule has 1 aromatic rings. The molecule has 0 aromatic heterocycles. The predicted molar refractivity (Wildman–Crippen MR) is 103 cm³/mol. The van der Waals surface area contributed by atoms with Gasteiger partial charge in [0.05, 0.1) is 0 Å². The van der Waals surface area contributed by atoms with Crippen LogP contribution >= 0.6 is 24.0 Å². The number of nitrogens with zero attached hydrogens (tertiary/aromatic N) is 2. The summed E-state index contributed by atoms with van der Waals surface area (Å²) >= 11 is 5.90. The standard InChI is InChI=1S/C18H26ClN3O2.ClH/c1-18(2,24-16-5-3-14(19)4-6-16)17(23)22-10-7-15(13-22)21-11-8-20-9-12-21;/h3-6,15,20H,7-13H2,1-2H3;1H. The summed E-state index contributed by atoms with van der Waals surface area (Å²) in [7, 11) is 0. The maximum atomic E-state index is 12.9. The van der Waals surface area contributed by atoms with Crippen LogP contribution in [0.15, 0.2) is 24.3 Å². The summed E-state index contributed by atoms with van der Waals surface area (Å²) in [5.41, 5.74) is -0.883. The Bertz CT molecular complexity index is 574. The first-order chi connectivity index (χ1) is 11.5. The lowest BCUT2D eigenvalue weighted by atomic mass is 10.1. The van der Waals surface area contributed by atoms with Gasteiger partial charge >= 0.3 is 0 Å². The molecule has 1 N–H and O–H groups in total. The molecule has 5 nitrogen and oxygen atoms in total. The van der Waals surface area contributed by atoms with E-state index < -0.39 is 5.60 Å². The van der Waals surface area contributed by atoms with Gasteiger partial charge in [0, 0.05) is 50.3 Å². The molecule has 0 saturated carbocycles. The van der Waals surface area contributed by atoms with E-state index in [2.05, 4.69) is 10.2 Å². The molecule has 2 aliphatic rings. The van der Waals surface area contributed by atoms with E-state index in [4.69, 9.17) is 16.3 Å². The number of carbonyl (C=O) groups excluding carboxylic acids is 1. The van der Waals surface area contributed by atoms with Gasteiger partial charge in [0.2, 0.25) is 0 Å². The predicted octanol–water partition coefficient (Wildman–Crippen LogP) is 2.43. The molecule has 0 bridgehead atoms. The van der Waals surface area contributed by atoms with Crippen molar-refractivity contribution >= 4 is 29.9 Å². The van der Waals surface area contributed by atoms with Gasteiger partial charge in [-0.3, -0.25) is 9.69 Å². The van der Waals surface area contributed by atoms with E-state index in [1.807, 2.05) is 18.7 Å². The highest BCUT2D eigenvalue weighted by atomic mass is 35.5. The van der Waals surface area contributed by atoms with Crippen LogP contribution in [-0.4, -0.2) is 66.6 Å². The van der Waals surface area contributed by atoms with Crippen LogP contribution in [0.5, 0.6) is 5.75 Å². The van der Waals surface area contributed by atoms with Crippen LogP contribution in [0.25, 0.3) is 0 Å². The first-order valence-electron chi connectivity index (χ1n) is 8.64. The fourth-order valence-corrected chi connectivity index (χ4v) is 3.62. The Kier molecular flexibility index (Phi) is 6.97. The van der Waals surface area contributed by atoms with Crippen molar-refractivity contribution in [2.45, 2.75) is 31.9 Å². The second kappa shape index (κ2) is 8.58. The molecule has 0 aliphatic carbocycles. The highest BCUT2D eigenvalue weighted by molar-refractivity contribution is 6.30. The van der Waals surface area contributed by atoms with Crippen molar-refractivity contribution in [2.75, 3.05) is 39.3 Å². The number of amides is 1. The number of hydrogen-bond acceptors (Lipinski definition) is 4. The van der Waals surface area contributed by atoms with Crippen molar-refractivity contribution in [3.8, 4) is 5.75 Å². The number of carbonyl (C=O) groups is 1. The average molecular weight is 388 g/mol. The van der Waals surface area contributed by atoms with Gasteiger partial charge in [0.15, 0.2) is 5.60 Å². The molecule has 0 spiro atoms. The number of likely N-dealkylation sites (tertiary alicyclic amines) is 1. The van der Waals surface area contributed by atoms with Gasteiger partial charge in [0.1, 0.15) is 5.75 Å². The van der Waals surface area contributed by atoms with Crippen molar-refractivity contribution in [3.63, 3.8) is 0 Å². The third-order valence-corrected chi connectivity index (χ3v) is 5.07. The molecular formula is C18H27Cl2N3O2. The van der Waals surface area contributed by atoms with Crippen LogP contribution in [0.3, 0.4) is 0 Å². The van der Waals surface area contributed by atoms with Crippen LogP contribution in [-0.2, 0) is 4.79 Å². The lowest BCUT2D eigenvalue weighted by molar-refractivity contribution is -0.144. The largest absolute Gasteiger partial charge is 0.478 e. The minimum absolute atomic E-state index is 0. The maximum Gasteiger partial charge on any atom is 0.266 e. The summed E-state index contributed by atoms with van der Waals surface area (Å²) in [6.07, 6.45) is 1.04. The SMILES string of the molecule is CC(C)(Oc1ccc(Cl)cc1)C(=O)N1CCC(N2CCNCC2)C1.Cl. The summed E-state index contributed by atoms with van der Waals surface area (Å²) in [5, 5.41) is 4.03. The number of nitrogens with one attached hydrogen (secondary N) is 1. The minimum Gasteiger partial charge on any atom is -0.478 e. The second-order valence-corrected chi connectivity index (χ2v) is 7.48. The van der Waals surface area contributed by atoms with Gasteiger partial charge in [-0.25, -0.2) is 0 Å². The molecule has 1 atom stereocenters. The molecule has 25 heavy (non-hydrogen) atoms. The zero-order valence-corrected chi connectivity index (χ0v) is 16.4. The molecule has 2 saturated heterocycles. The van der Waals surface area contributed by atoms with Gasteiger partial charge < -0.3 is 15.0 Å². The van der Waals surface area contributed by atoms with E-state index >= 15 is 0 Å². The lowest BCUT2D eigenvalue weighted by Crippen LogP contribution is -2.51. The molecule has 1 aromatic carbocycles. The molecule has 2 heterocycles. The van der Waals surface area contributed by atoms with Crippen LogP contribution in [0, 0.1) is 0 Å². The third-order valence-electron chi connectivity index (χ3n) is 4.82. The molecule has 1 unspecified atom stereocenters. The number of hydrogen-bond donors (Lipinski definition) is 1. The molecule has 7 heteroatoms. The Morgan fingerprint density at radius 1 is 1.20 bits per heavy atom. The topological polar surface area (TPSA) is 44.8 Å². The van der Waals surface area contributed by atoms with Gasteiger partial charge in [-0.2, -0.15) is 0 Å². The number of ether oxygens (including phenoxy) is 1. The van der Waals surface area contributed by atoms with E-state index in [0.29, 0.717) is 16.8 Å². The molecule has 2 fully saturated rings. The molecule has 0 radical (unpaired) electrons. The van der Waals surface area contributed by atoms with Crippen molar-refractivity contribution in [1.82, 2.24) is 15.1 Å². The van der Waals surface area contributed by atoms with E-state index in [0.717, 1.165) is 45.7 Å². The minimum atomic E-state index is -0.883.